The van der Waals surface area contributed by atoms with Crippen LogP contribution < -0.4 is 10.9 Å². The zero-order chi connectivity index (χ0) is 15.2. The Kier molecular flexibility index (Phi) is 5.16. The van der Waals surface area contributed by atoms with Crippen LogP contribution in [0.5, 0.6) is 0 Å². The minimum atomic E-state index is -0.167. The van der Waals surface area contributed by atoms with E-state index in [0.717, 1.165) is 10.6 Å². The van der Waals surface area contributed by atoms with E-state index in [1.165, 1.54) is 22.5 Å². The van der Waals surface area contributed by atoms with Crippen molar-refractivity contribution in [3.63, 3.8) is 0 Å². The Morgan fingerprint density at radius 3 is 2.81 bits per heavy atom. The van der Waals surface area contributed by atoms with E-state index in [1.54, 1.807) is 12.1 Å². The average molecular weight is 303 g/mol. The predicted molar refractivity (Wildman–Crippen MR) is 83.8 cm³/mol. The number of nitrogens with zero attached hydrogens (tertiary/aromatic N) is 2. The second-order valence-electron chi connectivity index (χ2n) is 4.49. The number of hydrogen-bond acceptors (Lipinski definition) is 4. The molecule has 2 aromatic rings. The third kappa shape index (κ3) is 3.95. The molecule has 110 valence electrons. The quantitative estimate of drug-likeness (QED) is 0.854. The Hall–Kier alpha value is -2.08. The summed E-state index contributed by atoms with van der Waals surface area (Å²) in [5.41, 5.74) is 1.25. The lowest BCUT2D eigenvalue weighted by molar-refractivity contribution is 0.0949. The lowest BCUT2D eigenvalue weighted by atomic mass is 10.2. The van der Waals surface area contributed by atoms with Gasteiger partial charge in [-0.05, 0) is 31.4 Å². The summed E-state index contributed by atoms with van der Waals surface area (Å²) in [4.78, 5) is 24.7. The molecule has 2 rings (SSSR count). The third-order valence-corrected chi connectivity index (χ3v) is 3.76. The molecule has 0 aliphatic rings. The number of rotatable bonds is 5. The Morgan fingerprint density at radius 2 is 2.05 bits per heavy atom. The van der Waals surface area contributed by atoms with E-state index in [1.807, 2.05) is 31.4 Å². The Labute approximate surface area is 127 Å². The molecule has 0 unspecified atom stereocenters. The Morgan fingerprint density at radius 1 is 1.29 bits per heavy atom. The lowest BCUT2D eigenvalue weighted by Gasteiger charge is -2.09. The Bertz CT molecular complexity index is 697. The van der Waals surface area contributed by atoms with Crippen LogP contribution in [-0.4, -0.2) is 28.5 Å². The molecule has 0 aliphatic carbocycles. The van der Waals surface area contributed by atoms with Crippen molar-refractivity contribution in [2.45, 2.75) is 18.4 Å². The number of aromatic nitrogens is 2. The summed E-state index contributed by atoms with van der Waals surface area (Å²) in [7, 11) is 0. The van der Waals surface area contributed by atoms with Gasteiger partial charge in [-0.15, -0.1) is 11.8 Å². The van der Waals surface area contributed by atoms with Crippen LogP contribution in [0.15, 0.2) is 46.1 Å². The van der Waals surface area contributed by atoms with Crippen molar-refractivity contribution < 1.29 is 4.79 Å². The number of hydrogen-bond donors (Lipinski definition) is 1. The molecule has 0 aliphatic heterocycles. The molecule has 0 saturated heterocycles. The predicted octanol–water partition coefficient (Wildman–Crippen LogP) is 1.70. The van der Waals surface area contributed by atoms with E-state index in [-0.39, 0.29) is 11.5 Å². The maximum absolute atomic E-state index is 12.1. The molecule has 6 heteroatoms. The smallest absolute Gasteiger partial charge is 0.266 e. The third-order valence-electron chi connectivity index (χ3n) is 2.96. The summed E-state index contributed by atoms with van der Waals surface area (Å²) in [6, 6.07) is 10.6. The summed E-state index contributed by atoms with van der Waals surface area (Å²) in [6.45, 7) is 2.54. The first-order valence-electron chi connectivity index (χ1n) is 6.58. The summed E-state index contributed by atoms with van der Waals surface area (Å²) >= 11 is 1.53. The molecule has 0 saturated carbocycles. The van der Waals surface area contributed by atoms with E-state index >= 15 is 0 Å². The molecule has 0 bridgehead atoms. The van der Waals surface area contributed by atoms with Gasteiger partial charge in [0.05, 0.1) is 17.8 Å². The van der Waals surface area contributed by atoms with Crippen molar-refractivity contribution in [1.29, 1.82) is 0 Å². The maximum atomic E-state index is 12.1. The van der Waals surface area contributed by atoms with Crippen molar-refractivity contribution in [1.82, 2.24) is 15.1 Å². The van der Waals surface area contributed by atoms with Crippen LogP contribution in [0.1, 0.15) is 16.1 Å². The Balaban J connectivity index is 1.98. The number of carbonyl (C=O) groups is 1. The zero-order valence-electron chi connectivity index (χ0n) is 12.0. The van der Waals surface area contributed by atoms with E-state index < -0.39 is 0 Å². The summed E-state index contributed by atoms with van der Waals surface area (Å²) in [6.07, 6.45) is 1.93. The number of thioether (sulfide) groups is 1. The van der Waals surface area contributed by atoms with E-state index in [0.29, 0.717) is 18.7 Å². The average Bonchev–Trinajstić information content (AvgIpc) is 2.50. The van der Waals surface area contributed by atoms with E-state index in [4.69, 9.17) is 0 Å². The monoisotopic (exact) mass is 303 g/mol. The number of benzene rings is 1. The molecule has 0 atom stereocenters. The maximum Gasteiger partial charge on any atom is 0.266 e. The molecular weight excluding hydrogens is 286 g/mol. The van der Waals surface area contributed by atoms with Crippen LogP contribution in [0.4, 0.5) is 0 Å². The van der Waals surface area contributed by atoms with Gasteiger partial charge in [-0.3, -0.25) is 9.59 Å². The van der Waals surface area contributed by atoms with Crippen LogP contribution in [-0.2, 0) is 6.54 Å². The molecular formula is C15H17N3O2S. The number of nitrogens with one attached hydrogen (secondary N) is 1. The van der Waals surface area contributed by atoms with E-state index in [9.17, 15) is 9.59 Å². The first kappa shape index (κ1) is 15.3. The van der Waals surface area contributed by atoms with Gasteiger partial charge in [0.15, 0.2) is 0 Å². The van der Waals surface area contributed by atoms with Gasteiger partial charge in [0.1, 0.15) is 0 Å². The van der Waals surface area contributed by atoms with Gasteiger partial charge < -0.3 is 5.32 Å². The zero-order valence-corrected chi connectivity index (χ0v) is 12.8. The van der Waals surface area contributed by atoms with Gasteiger partial charge in [-0.25, -0.2) is 4.68 Å². The first-order chi connectivity index (χ1) is 10.1. The van der Waals surface area contributed by atoms with Gasteiger partial charge in [0, 0.05) is 17.5 Å². The molecule has 0 radical (unpaired) electrons. The second-order valence-corrected chi connectivity index (χ2v) is 5.34. The van der Waals surface area contributed by atoms with Crippen LogP contribution in [0.2, 0.25) is 0 Å². The molecule has 0 fully saturated rings. The van der Waals surface area contributed by atoms with Crippen molar-refractivity contribution in [2.75, 3.05) is 12.8 Å². The molecule has 1 aromatic heterocycles. The van der Waals surface area contributed by atoms with Gasteiger partial charge in [-0.2, -0.15) is 5.10 Å². The normalized spacial score (nSPS) is 10.4. The van der Waals surface area contributed by atoms with Crippen LogP contribution in [0.25, 0.3) is 0 Å². The summed E-state index contributed by atoms with van der Waals surface area (Å²) in [5.74, 6) is -0.138. The minimum absolute atomic E-state index is 0.138. The molecule has 1 aromatic carbocycles. The van der Waals surface area contributed by atoms with Crippen LogP contribution >= 0.6 is 11.8 Å². The van der Waals surface area contributed by atoms with E-state index in [2.05, 4.69) is 10.4 Å². The highest BCUT2D eigenvalue weighted by Gasteiger charge is 2.09. The molecule has 0 spiro atoms. The largest absolute Gasteiger partial charge is 0.350 e. The second kappa shape index (κ2) is 7.08. The fraction of sp³-hybridized carbons (Fsp3) is 0.267. The standard InChI is InChI=1S/C15H17N3O2S/c1-11-7-8-14(19)18(17-11)10-9-16-15(20)12-5-3-4-6-13(12)21-2/h3-8H,9-10H2,1-2H3,(H,16,20). The van der Waals surface area contributed by atoms with Crippen LogP contribution in [0, 0.1) is 6.92 Å². The molecule has 1 heterocycles. The fourth-order valence-corrected chi connectivity index (χ4v) is 2.51. The molecule has 1 amide bonds. The molecule has 21 heavy (non-hydrogen) atoms. The van der Waals surface area contributed by atoms with Crippen molar-refractivity contribution in [2.24, 2.45) is 0 Å². The minimum Gasteiger partial charge on any atom is -0.350 e. The van der Waals surface area contributed by atoms with Gasteiger partial charge in [0.2, 0.25) is 0 Å². The number of aryl methyl sites for hydroxylation is 1. The topological polar surface area (TPSA) is 64.0 Å². The van der Waals surface area contributed by atoms with Crippen LogP contribution in [0.3, 0.4) is 0 Å². The van der Waals surface area contributed by atoms with Gasteiger partial charge in [0.25, 0.3) is 11.5 Å². The van der Waals surface area contributed by atoms with Crippen molar-refractivity contribution >= 4 is 17.7 Å². The summed E-state index contributed by atoms with van der Waals surface area (Å²) < 4.78 is 1.36. The lowest BCUT2D eigenvalue weighted by Crippen LogP contribution is -2.32. The molecule has 1 N–H and O–H groups in total. The molecule has 5 nitrogen and oxygen atoms in total. The number of amides is 1. The number of carbonyl (C=O) groups excluding carboxylic acids is 1. The highest BCUT2D eigenvalue weighted by atomic mass is 32.2. The summed E-state index contributed by atoms with van der Waals surface area (Å²) in [5, 5.41) is 6.94. The van der Waals surface area contributed by atoms with Gasteiger partial charge in [-0.1, -0.05) is 12.1 Å². The van der Waals surface area contributed by atoms with Crippen molar-refractivity contribution in [3.8, 4) is 0 Å². The highest BCUT2D eigenvalue weighted by molar-refractivity contribution is 7.98. The first-order valence-corrected chi connectivity index (χ1v) is 7.80. The van der Waals surface area contributed by atoms with Gasteiger partial charge >= 0.3 is 0 Å². The highest BCUT2D eigenvalue weighted by Crippen LogP contribution is 2.19. The fourth-order valence-electron chi connectivity index (χ4n) is 1.91. The van der Waals surface area contributed by atoms with Crippen molar-refractivity contribution in [3.05, 3.63) is 58.0 Å². The SMILES string of the molecule is CSc1ccccc1C(=O)NCCn1nc(C)ccc1=O.